The first-order chi connectivity index (χ1) is 9.07. The highest BCUT2D eigenvalue weighted by molar-refractivity contribution is 5.09. The van der Waals surface area contributed by atoms with Gasteiger partial charge in [0.2, 0.25) is 5.92 Å². The van der Waals surface area contributed by atoms with Crippen molar-refractivity contribution in [1.29, 1.82) is 0 Å². The first kappa shape index (κ1) is 14.4. The number of nitrogens with one attached hydrogen (secondary N) is 1. The molecule has 1 heterocycles. The number of rotatable bonds is 5. The number of hydrogen-bond donors (Lipinski definition) is 2. The van der Waals surface area contributed by atoms with Gasteiger partial charge in [0.1, 0.15) is 0 Å². The smallest absolute Gasteiger partial charge is 0.248 e. The fourth-order valence-corrected chi connectivity index (χ4v) is 2.86. The average molecular weight is 272 g/mol. The van der Waals surface area contributed by atoms with E-state index in [1.807, 2.05) is 10.7 Å². The molecule has 108 valence electrons. The maximum absolute atomic E-state index is 13.2. The van der Waals surface area contributed by atoms with Crippen LogP contribution < -0.4 is 11.3 Å². The zero-order valence-electron chi connectivity index (χ0n) is 11.3. The summed E-state index contributed by atoms with van der Waals surface area (Å²) in [6.07, 6.45) is 3.63. The maximum atomic E-state index is 13.2. The molecule has 6 heteroatoms. The topological polar surface area (TPSA) is 55.9 Å². The Morgan fingerprint density at radius 3 is 2.79 bits per heavy atom. The molecule has 4 nitrogen and oxygen atoms in total. The second kappa shape index (κ2) is 5.96. The molecule has 1 fully saturated rings. The Kier molecular flexibility index (Phi) is 4.52. The van der Waals surface area contributed by atoms with Crippen LogP contribution in [0.3, 0.4) is 0 Å². The molecule has 0 radical (unpaired) electrons. The molecule has 0 aromatic carbocycles. The Morgan fingerprint density at radius 1 is 1.53 bits per heavy atom. The van der Waals surface area contributed by atoms with Gasteiger partial charge in [0.15, 0.2) is 0 Å². The van der Waals surface area contributed by atoms with Gasteiger partial charge in [-0.25, -0.2) is 8.78 Å². The zero-order chi connectivity index (χ0) is 13.9. The van der Waals surface area contributed by atoms with Gasteiger partial charge in [0, 0.05) is 25.6 Å². The van der Waals surface area contributed by atoms with Crippen LogP contribution in [0.1, 0.15) is 50.8 Å². The van der Waals surface area contributed by atoms with Crippen LogP contribution >= 0.6 is 0 Å². The summed E-state index contributed by atoms with van der Waals surface area (Å²) in [5.74, 6) is 3.30. The molecule has 0 amide bonds. The van der Waals surface area contributed by atoms with E-state index in [0.29, 0.717) is 12.8 Å². The van der Waals surface area contributed by atoms with Gasteiger partial charge in [-0.2, -0.15) is 5.10 Å². The van der Waals surface area contributed by atoms with Crippen molar-refractivity contribution in [2.24, 2.45) is 11.8 Å². The molecule has 1 aromatic rings. The van der Waals surface area contributed by atoms with Crippen LogP contribution in [0, 0.1) is 5.92 Å². The number of aryl methyl sites for hydroxylation is 1. The molecule has 0 bridgehead atoms. The molecule has 1 saturated carbocycles. The molecule has 0 saturated heterocycles. The minimum absolute atomic E-state index is 0.0439. The van der Waals surface area contributed by atoms with Crippen molar-refractivity contribution in [3.63, 3.8) is 0 Å². The Balaban J connectivity index is 2.09. The third-order valence-corrected chi connectivity index (χ3v) is 3.92. The number of aromatic nitrogens is 2. The lowest BCUT2D eigenvalue weighted by Gasteiger charge is -2.33. The lowest BCUT2D eigenvalue weighted by molar-refractivity contribution is -0.0501. The Labute approximate surface area is 112 Å². The molecule has 1 aliphatic carbocycles. The Bertz CT molecular complexity index is 395. The van der Waals surface area contributed by atoms with Crippen molar-refractivity contribution < 1.29 is 8.78 Å². The normalized spacial score (nSPS) is 21.5. The minimum Gasteiger partial charge on any atom is -0.271 e. The first-order valence-electron chi connectivity index (χ1n) is 6.93. The molecule has 1 aromatic heterocycles. The molecule has 0 spiro atoms. The number of alkyl halides is 2. The van der Waals surface area contributed by atoms with E-state index in [2.05, 4.69) is 17.4 Å². The van der Waals surface area contributed by atoms with Crippen molar-refractivity contribution in [1.82, 2.24) is 15.2 Å². The summed E-state index contributed by atoms with van der Waals surface area (Å²) in [5, 5.41) is 4.27. The van der Waals surface area contributed by atoms with E-state index >= 15 is 0 Å². The Hall–Kier alpha value is -1.01. The van der Waals surface area contributed by atoms with Crippen molar-refractivity contribution >= 4 is 0 Å². The predicted octanol–water partition coefficient (Wildman–Crippen LogP) is 2.62. The van der Waals surface area contributed by atoms with E-state index in [1.165, 1.54) is 0 Å². The zero-order valence-corrected chi connectivity index (χ0v) is 11.3. The van der Waals surface area contributed by atoms with Crippen LogP contribution in [-0.4, -0.2) is 15.7 Å². The van der Waals surface area contributed by atoms with Crippen LogP contribution in [0.15, 0.2) is 12.3 Å². The highest BCUT2D eigenvalue weighted by atomic mass is 19.3. The predicted molar refractivity (Wildman–Crippen MR) is 69.5 cm³/mol. The molecule has 19 heavy (non-hydrogen) atoms. The molecular formula is C13H22F2N4. The molecule has 2 rings (SSSR count). The fraction of sp³-hybridized carbons (Fsp3) is 0.769. The quantitative estimate of drug-likeness (QED) is 0.640. The summed E-state index contributed by atoms with van der Waals surface area (Å²) < 4.78 is 28.4. The van der Waals surface area contributed by atoms with Crippen LogP contribution in [0.2, 0.25) is 0 Å². The molecule has 1 aliphatic rings. The van der Waals surface area contributed by atoms with Crippen molar-refractivity contribution in [2.45, 2.75) is 57.5 Å². The molecular weight excluding hydrogens is 250 g/mol. The third-order valence-electron chi connectivity index (χ3n) is 3.92. The highest BCUT2D eigenvalue weighted by Gasteiger charge is 2.38. The van der Waals surface area contributed by atoms with Crippen LogP contribution in [0.4, 0.5) is 8.78 Å². The summed E-state index contributed by atoms with van der Waals surface area (Å²) in [4.78, 5) is 0. The maximum Gasteiger partial charge on any atom is 0.248 e. The summed E-state index contributed by atoms with van der Waals surface area (Å²) in [6.45, 7) is 2.90. The van der Waals surface area contributed by atoms with Gasteiger partial charge in [-0.15, -0.1) is 0 Å². The van der Waals surface area contributed by atoms with E-state index in [1.54, 1.807) is 6.20 Å². The summed E-state index contributed by atoms with van der Waals surface area (Å²) in [6, 6.07) is 1.83. The van der Waals surface area contributed by atoms with Gasteiger partial charge >= 0.3 is 0 Å². The third kappa shape index (κ3) is 3.30. The number of halogens is 2. The standard InChI is InChI=1S/C13H22F2N4/c1-2-9-19-11(5-8-17-19)12(18-16)10-3-6-13(14,15)7-4-10/h5,8,10,12,18H,2-4,6-7,9,16H2,1H3. The van der Waals surface area contributed by atoms with E-state index < -0.39 is 5.92 Å². The van der Waals surface area contributed by atoms with E-state index in [0.717, 1.165) is 18.7 Å². The lowest BCUT2D eigenvalue weighted by atomic mass is 9.81. The van der Waals surface area contributed by atoms with E-state index in [9.17, 15) is 8.78 Å². The van der Waals surface area contributed by atoms with Crippen LogP contribution in [-0.2, 0) is 6.54 Å². The SMILES string of the molecule is CCCn1nccc1C(NN)C1CCC(F)(F)CC1. The number of nitrogens with zero attached hydrogens (tertiary/aromatic N) is 2. The lowest BCUT2D eigenvalue weighted by Crippen LogP contribution is -2.38. The average Bonchev–Trinajstić information content (AvgIpc) is 2.81. The molecule has 1 atom stereocenters. The number of hydrazine groups is 1. The first-order valence-corrected chi connectivity index (χ1v) is 6.93. The fourth-order valence-electron chi connectivity index (χ4n) is 2.86. The Morgan fingerprint density at radius 2 is 2.21 bits per heavy atom. The second-order valence-electron chi connectivity index (χ2n) is 5.32. The monoisotopic (exact) mass is 272 g/mol. The summed E-state index contributed by atoms with van der Waals surface area (Å²) in [5.41, 5.74) is 3.79. The number of hydrogen-bond acceptors (Lipinski definition) is 3. The van der Waals surface area contributed by atoms with Crippen molar-refractivity contribution in [3.05, 3.63) is 18.0 Å². The van der Waals surface area contributed by atoms with E-state index in [-0.39, 0.29) is 24.8 Å². The van der Waals surface area contributed by atoms with Crippen molar-refractivity contribution in [2.75, 3.05) is 0 Å². The number of nitrogens with two attached hydrogens (primary N) is 1. The van der Waals surface area contributed by atoms with Gasteiger partial charge in [0.25, 0.3) is 0 Å². The van der Waals surface area contributed by atoms with Gasteiger partial charge in [0.05, 0.1) is 11.7 Å². The minimum atomic E-state index is -2.50. The van der Waals surface area contributed by atoms with Gasteiger partial charge < -0.3 is 0 Å². The van der Waals surface area contributed by atoms with Crippen LogP contribution in [0.25, 0.3) is 0 Å². The highest BCUT2D eigenvalue weighted by Crippen LogP contribution is 2.41. The largest absolute Gasteiger partial charge is 0.271 e. The van der Waals surface area contributed by atoms with Gasteiger partial charge in [-0.05, 0) is 31.2 Å². The molecule has 3 N–H and O–H groups in total. The summed E-state index contributed by atoms with van der Waals surface area (Å²) >= 11 is 0. The van der Waals surface area contributed by atoms with E-state index in [4.69, 9.17) is 5.84 Å². The van der Waals surface area contributed by atoms with Crippen molar-refractivity contribution in [3.8, 4) is 0 Å². The second-order valence-corrected chi connectivity index (χ2v) is 5.32. The summed E-state index contributed by atoms with van der Waals surface area (Å²) in [7, 11) is 0. The van der Waals surface area contributed by atoms with Crippen LogP contribution in [0.5, 0.6) is 0 Å². The van der Waals surface area contributed by atoms with Gasteiger partial charge in [-0.3, -0.25) is 16.0 Å². The molecule has 1 unspecified atom stereocenters. The molecule has 0 aliphatic heterocycles. The van der Waals surface area contributed by atoms with Gasteiger partial charge in [-0.1, -0.05) is 6.92 Å².